The van der Waals surface area contributed by atoms with Gasteiger partial charge in [-0.25, -0.2) is 19.6 Å². The molecule has 0 fully saturated rings. The second-order valence-electron chi connectivity index (χ2n) is 6.35. The summed E-state index contributed by atoms with van der Waals surface area (Å²) in [7, 11) is 2.53. The minimum Gasteiger partial charge on any atom is -0.465 e. The molecule has 0 spiro atoms. The van der Waals surface area contributed by atoms with E-state index in [0.717, 1.165) is 16.3 Å². The molecule has 2 aromatic rings. The van der Waals surface area contributed by atoms with E-state index in [1.807, 2.05) is 44.2 Å². The number of allylic oxidation sites excluding steroid dienone is 2. The van der Waals surface area contributed by atoms with Crippen molar-refractivity contribution in [2.45, 2.75) is 23.9 Å². The molecule has 0 atom stereocenters. The molecule has 0 aliphatic carbocycles. The van der Waals surface area contributed by atoms with Gasteiger partial charge in [-0.2, -0.15) is 0 Å². The van der Waals surface area contributed by atoms with Crippen molar-refractivity contribution in [3.05, 3.63) is 77.4 Å². The van der Waals surface area contributed by atoms with Crippen LogP contribution < -0.4 is 4.90 Å². The summed E-state index contributed by atoms with van der Waals surface area (Å²) in [5.41, 5.74) is 2.62. The van der Waals surface area contributed by atoms with Crippen LogP contribution in [0, 0.1) is 13.8 Å². The molecule has 0 amide bonds. The third-order valence-corrected chi connectivity index (χ3v) is 5.01. The van der Waals surface area contributed by atoms with Gasteiger partial charge >= 0.3 is 11.9 Å². The number of hydrogen-bond donors (Lipinski definition) is 0. The summed E-state index contributed by atoms with van der Waals surface area (Å²) in [6.07, 6.45) is 6.61. The molecular weight excluding hydrogens is 402 g/mol. The van der Waals surface area contributed by atoms with Gasteiger partial charge in [-0.1, -0.05) is 12.1 Å². The molecule has 30 heavy (non-hydrogen) atoms. The number of benzene rings is 1. The summed E-state index contributed by atoms with van der Waals surface area (Å²) in [4.78, 5) is 36.2. The fraction of sp³-hybridized carbons (Fsp3) is 0.182. The van der Waals surface area contributed by atoms with E-state index >= 15 is 0 Å². The van der Waals surface area contributed by atoms with Crippen LogP contribution in [0.2, 0.25) is 0 Å². The predicted octanol–water partition coefficient (Wildman–Crippen LogP) is 3.73. The molecule has 1 aromatic carbocycles. The van der Waals surface area contributed by atoms with Crippen molar-refractivity contribution in [3.63, 3.8) is 0 Å². The second kappa shape index (κ2) is 9.41. The normalized spacial score (nSPS) is 13.3. The summed E-state index contributed by atoms with van der Waals surface area (Å²) in [5.74, 6) is -1.28. The number of aryl methyl sites for hydroxylation is 2. The predicted molar refractivity (Wildman–Crippen MR) is 114 cm³/mol. The third kappa shape index (κ3) is 4.77. The molecule has 0 unspecified atom stereocenters. The van der Waals surface area contributed by atoms with Crippen LogP contribution in [0.15, 0.2) is 76.1 Å². The number of methoxy groups -OCH3 is 2. The first kappa shape index (κ1) is 21.3. The zero-order valence-corrected chi connectivity index (χ0v) is 17.9. The maximum atomic E-state index is 12.6. The highest BCUT2D eigenvalue weighted by Crippen LogP contribution is 2.32. The zero-order valence-electron chi connectivity index (χ0n) is 17.1. The van der Waals surface area contributed by atoms with Gasteiger partial charge in [-0.05, 0) is 62.0 Å². The zero-order chi connectivity index (χ0) is 21.7. The molecule has 1 aliphatic rings. The smallest absolute Gasteiger partial charge is 0.355 e. The lowest BCUT2D eigenvalue weighted by atomic mass is 10.1. The van der Waals surface area contributed by atoms with E-state index in [1.54, 1.807) is 23.3 Å². The van der Waals surface area contributed by atoms with Crippen molar-refractivity contribution >= 4 is 29.4 Å². The summed E-state index contributed by atoms with van der Waals surface area (Å²) < 4.78 is 9.78. The van der Waals surface area contributed by atoms with Crippen LogP contribution in [0.1, 0.15) is 11.4 Å². The highest BCUT2D eigenvalue weighted by molar-refractivity contribution is 7.99. The van der Waals surface area contributed by atoms with Crippen LogP contribution in [-0.4, -0.2) is 36.1 Å². The van der Waals surface area contributed by atoms with Gasteiger partial charge in [-0.15, -0.1) is 0 Å². The van der Waals surface area contributed by atoms with E-state index in [4.69, 9.17) is 9.47 Å². The van der Waals surface area contributed by atoms with E-state index in [1.165, 1.54) is 32.1 Å². The Bertz CT molecular complexity index is 1060. The molecule has 0 N–H and O–H groups in total. The molecule has 3 rings (SSSR count). The quantitative estimate of drug-likeness (QED) is 0.531. The lowest BCUT2D eigenvalue weighted by molar-refractivity contribution is -0.139. The van der Waals surface area contributed by atoms with E-state index in [0.29, 0.717) is 10.8 Å². The van der Waals surface area contributed by atoms with Gasteiger partial charge in [0, 0.05) is 28.2 Å². The molecule has 0 saturated heterocycles. The van der Waals surface area contributed by atoms with Crippen molar-refractivity contribution < 1.29 is 19.1 Å². The van der Waals surface area contributed by atoms with Crippen LogP contribution >= 0.6 is 11.8 Å². The van der Waals surface area contributed by atoms with Crippen LogP contribution in [0.25, 0.3) is 0 Å². The van der Waals surface area contributed by atoms with Crippen molar-refractivity contribution in [3.8, 4) is 0 Å². The highest BCUT2D eigenvalue weighted by atomic mass is 32.2. The Kier molecular flexibility index (Phi) is 6.68. The third-order valence-electron chi connectivity index (χ3n) is 4.16. The minimum atomic E-state index is -0.651. The van der Waals surface area contributed by atoms with Gasteiger partial charge in [0.05, 0.1) is 19.8 Å². The van der Waals surface area contributed by atoms with Gasteiger partial charge in [0.25, 0.3) is 0 Å². The van der Waals surface area contributed by atoms with Gasteiger partial charge < -0.3 is 14.4 Å². The standard InChI is InChI=1S/C22H21N3O4S/c1-14-12-15(2)24-22(23-14)30-17-9-7-8-16(13-17)25-11-6-5-10-18(20(26)28-3)19(25)21(27)29-4/h5-13H,1-4H3. The molecule has 0 bridgehead atoms. The first-order chi connectivity index (χ1) is 14.4. The van der Waals surface area contributed by atoms with Crippen molar-refractivity contribution in [1.29, 1.82) is 0 Å². The lowest BCUT2D eigenvalue weighted by Gasteiger charge is -2.23. The number of ether oxygens (including phenoxy) is 2. The average Bonchev–Trinajstić information content (AvgIpc) is 2.95. The molecule has 1 aliphatic heterocycles. The average molecular weight is 423 g/mol. The van der Waals surface area contributed by atoms with E-state index in [2.05, 4.69) is 9.97 Å². The number of carbonyl (C=O) groups is 2. The lowest BCUT2D eigenvalue weighted by Crippen LogP contribution is -2.26. The Labute approximate surface area is 179 Å². The summed E-state index contributed by atoms with van der Waals surface area (Å²) in [6.45, 7) is 3.85. The summed E-state index contributed by atoms with van der Waals surface area (Å²) in [6, 6.07) is 9.42. The van der Waals surface area contributed by atoms with E-state index in [9.17, 15) is 9.59 Å². The minimum absolute atomic E-state index is 0.0687. The number of anilines is 1. The van der Waals surface area contributed by atoms with Crippen molar-refractivity contribution in [2.75, 3.05) is 19.1 Å². The second-order valence-corrected chi connectivity index (χ2v) is 7.39. The number of esters is 2. The Morgan fingerprint density at radius 3 is 2.33 bits per heavy atom. The Balaban J connectivity index is 2.03. The number of hydrogen-bond acceptors (Lipinski definition) is 8. The number of carbonyl (C=O) groups excluding carboxylic acids is 2. The monoisotopic (exact) mass is 423 g/mol. The fourth-order valence-electron chi connectivity index (χ4n) is 2.91. The molecule has 0 saturated carbocycles. The van der Waals surface area contributed by atoms with Gasteiger partial charge in [0.15, 0.2) is 5.16 Å². The molecular formula is C22H21N3O4S. The largest absolute Gasteiger partial charge is 0.465 e. The van der Waals surface area contributed by atoms with Crippen LogP contribution in [0.5, 0.6) is 0 Å². The highest BCUT2D eigenvalue weighted by Gasteiger charge is 2.27. The summed E-state index contributed by atoms with van der Waals surface area (Å²) in [5, 5.41) is 0.636. The van der Waals surface area contributed by atoms with Crippen LogP contribution in [-0.2, 0) is 19.1 Å². The Morgan fingerprint density at radius 2 is 1.67 bits per heavy atom. The van der Waals surface area contributed by atoms with Gasteiger partial charge in [-0.3, -0.25) is 0 Å². The molecule has 154 valence electrons. The van der Waals surface area contributed by atoms with Gasteiger partial charge in [0.2, 0.25) is 0 Å². The molecule has 2 heterocycles. The van der Waals surface area contributed by atoms with Crippen molar-refractivity contribution in [2.24, 2.45) is 0 Å². The summed E-state index contributed by atoms with van der Waals surface area (Å²) >= 11 is 1.41. The van der Waals surface area contributed by atoms with E-state index in [-0.39, 0.29) is 11.3 Å². The molecule has 7 nitrogen and oxygen atoms in total. The number of nitrogens with zero attached hydrogens (tertiary/aromatic N) is 3. The number of rotatable bonds is 5. The first-order valence-electron chi connectivity index (χ1n) is 9.08. The Morgan fingerprint density at radius 1 is 0.967 bits per heavy atom. The van der Waals surface area contributed by atoms with Crippen LogP contribution in [0.4, 0.5) is 5.69 Å². The van der Waals surface area contributed by atoms with Crippen molar-refractivity contribution in [1.82, 2.24) is 9.97 Å². The first-order valence-corrected chi connectivity index (χ1v) is 9.89. The fourth-order valence-corrected chi connectivity index (χ4v) is 3.82. The van der Waals surface area contributed by atoms with Crippen LogP contribution in [0.3, 0.4) is 0 Å². The van der Waals surface area contributed by atoms with E-state index < -0.39 is 11.9 Å². The molecule has 8 heteroatoms. The maximum Gasteiger partial charge on any atom is 0.355 e. The number of aromatic nitrogens is 2. The topological polar surface area (TPSA) is 81.6 Å². The molecule has 1 aromatic heterocycles. The Hall–Kier alpha value is -3.39. The molecule has 0 radical (unpaired) electrons. The maximum absolute atomic E-state index is 12.6. The SMILES string of the molecule is COC(=O)C1=C(C(=O)OC)N(c2cccc(Sc3nc(C)cc(C)n3)c2)C=CC=C1. The van der Waals surface area contributed by atoms with Gasteiger partial charge in [0.1, 0.15) is 5.70 Å².